The number of Topliss-reactive ketones (excluding diaryl/α,β-unsaturated/α-hetero) is 1. The maximum atomic E-state index is 13.4. The van der Waals surface area contributed by atoms with Crippen LogP contribution in [-0.2, 0) is 20.9 Å². The maximum Gasteiger partial charge on any atom is 0.295 e. The van der Waals surface area contributed by atoms with Crippen LogP contribution in [0.3, 0.4) is 0 Å². The van der Waals surface area contributed by atoms with Gasteiger partial charge < -0.3 is 24.4 Å². The van der Waals surface area contributed by atoms with E-state index in [0.29, 0.717) is 44.2 Å². The first-order valence-corrected chi connectivity index (χ1v) is 14.0. The van der Waals surface area contributed by atoms with Gasteiger partial charge in [0.15, 0.2) is 0 Å². The summed E-state index contributed by atoms with van der Waals surface area (Å²) in [6, 6.07) is 22.1. The van der Waals surface area contributed by atoms with E-state index in [0.717, 1.165) is 29.9 Å². The molecule has 3 aromatic carbocycles. The lowest BCUT2D eigenvalue weighted by molar-refractivity contribution is -0.140. The number of rotatable bonds is 9. The standard InChI is InChI=1S/C33H37N3O5/c1-23-5-4-6-24(21-23)22-41-28-13-9-26(10-14-28)31(37)29-30(25-7-11-27(12-8-25)34(2)3)36(33(39)32(29)38)16-15-35-17-19-40-20-18-35/h4-14,21,30,37H,15-20,22H2,1-3H3/b31-29-. The Balaban J connectivity index is 1.42. The molecule has 8 nitrogen and oxygen atoms in total. The van der Waals surface area contributed by atoms with E-state index in [1.807, 2.05) is 68.4 Å². The number of likely N-dealkylation sites (tertiary alicyclic amines) is 1. The van der Waals surface area contributed by atoms with Gasteiger partial charge in [-0.1, -0.05) is 42.0 Å². The number of anilines is 1. The third kappa shape index (κ3) is 6.45. The van der Waals surface area contributed by atoms with Gasteiger partial charge in [0.25, 0.3) is 11.7 Å². The molecule has 214 valence electrons. The van der Waals surface area contributed by atoms with Crippen LogP contribution in [0, 0.1) is 6.92 Å². The van der Waals surface area contributed by atoms with Crippen molar-refractivity contribution in [2.75, 3.05) is 58.4 Å². The minimum Gasteiger partial charge on any atom is -0.507 e. The summed E-state index contributed by atoms with van der Waals surface area (Å²) < 4.78 is 11.4. The fourth-order valence-corrected chi connectivity index (χ4v) is 5.32. The Kier molecular flexibility index (Phi) is 8.71. The second kappa shape index (κ2) is 12.6. The maximum absolute atomic E-state index is 13.4. The summed E-state index contributed by atoms with van der Waals surface area (Å²) in [7, 11) is 3.91. The van der Waals surface area contributed by atoms with Gasteiger partial charge in [0.1, 0.15) is 18.1 Å². The Hall–Kier alpha value is -4.14. The lowest BCUT2D eigenvalue weighted by atomic mass is 9.95. The van der Waals surface area contributed by atoms with Crippen molar-refractivity contribution in [2.45, 2.75) is 19.6 Å². The number of hydrogen-bond acceptors (Lipinski definition) is 7. The van der Waals surface area contributed by atoms with Crippen LogP contribution < -0.4 is 9.64 Å². The summed E-state index contributed by atoms with van der Waals surface area (Å²) in [5.74, 6) is -0.820. The van der Waals surface area contributed by atoms with Gasteiger partial charge in [0.05, 0.1) is 24.8 Å². The fourth-order valence-electron chi connectivity index (χ4n) is 5.32. The molecule has 0 aliphatic carbocycles. The van der Waals surface area contributed by atoms with Gasteiger partial charge in [0.2, 0.25) is 0 Å². The van der Waals surface area contributed by atoms with Gasteiger partial charge >= 0.3 is 0 Å². The minimum atomic E-state index is -0.690. The quantitative estimate of drug-likeness (QED) is 0.238. The number of ketones is 1. The number of benzene rings is 3. The fraction of sp³-hybridized carbons (Fsp3) is 0.333. The summed E-state index contributed by atoms with van der Waals surface area (Å²) in [5, 5.41) is 11.5. The lowest BCUT2D eigenvalue weighted by Crippen LogP contribution is -2.42. The summed E-state index contributed by atoms with van der Waals surface area (Å²) in [4.78, 5) is 32.6. The van der Waals surface area contributed by atoms with Gasteiger partial charge in [-0.05, 0) is 54.4 Å². The molecular formula is C33H37N3O5. The van der Waals surface area contributed by atoms with Crippen LogP contribution in [0.4, 0.5) is 5.69 Å². The predicted octanol–water partition coefficient (Wildman–Crippen LogP) is 4.39. The number of carbonyl (C=O) groups excluding carboxylic acids is 2. The first-order chi connectivity index (χ1) is 19.8. The average molecular weight is 556 g/mol. The van der Waals surface area contributed by atoms with Crippen LogP contribution in [0.1, 0.15) is 28.3 Å². The van der Waals surface area contributed by atoms with E-state index in [9.17, 15) is 14.7 Å². The molecule has 2 heterocycles. The highest BCUT2D eigenvalue weighted by atomic mass is 16.5. The number of amides is 1. The van der Waals surface area contributed by atoms with Crippen molar-refractivity contribution < 1.29 is 24.2 Å². The van der Waals surface area contributed by atoms with Crippen molar-refractivity contribution in [1.29, 1.82) is 0 Å². The first kappa shape index (κ1) is 28.4. The molecule has 0 aromatic heterocycles. The Morgan fingerprint density at radius 2 is 1.68 bits per heavy atom. The Labute approximate surface area is 241 Å². The van der Waals surface area contributed by atoms with Gasteiger partial charge in [-0.2, -0.15) is 0 Å². The Morgan fingerprint density at radius 1 is 0.976 bits per heavy atom. The van der Waals surface area contributed by atoms with Crippen molar-refractivity contribution in [3.05, 3.63) is 101 Å². The van der Waals surface area contributed by atoms with Crippen LogP contribution in [0.5, 0.6) is 5.75 Å². The molecule has 8 heteroatoms. The summed E-state index contributed by atoms with van der Waals surface area (Å²) >= 11 is 0. The van der Waals surface area contributed by atoms with Gasteiger partial charge in [0, 0.05) is 51.5 Å². The van der Waals surface area contributed by atoms with E-state index >= 15 is 0 Å². The highest BCUT2D eigenvalue weighted by Crippen LogP contribution is 2.40. The predicted molar refractivity (Wildman–Crippen MR) is 159 cm³/mol. The van der Waals surface area contributed by atoms with Crippen molar-refractivity contribution in [3.8, 4) is 5.75 Å². The molecule has 0 spiro atoms. The molecule has 1 atom stereocenters. The summed E-state index contributed by atoms with van der Waals surface area (Å²) in [6.07, 6.45) is 0. The third-order valence-electron chi connectivity index (χ3n) is 7.64. The normalized spacial score (nSPS) is 19.0. The third-order valence-corrected chi connectivity index (χ3v) is 7.64. The molecule has 0 bridgehead atoms. The molecule has 2 aliphatic heterocycles. The SMILES string of the molecule is Cc1cccc(COc2ccc(/C(O)=C3/C(=O)C(=O)N(CCN4CCOCC4)C3c3ccc(N(C)C)cc3)cc2)c1. The highest BCUT2D eigenvalue weighted by Gasteiger charge is 2.46. The van der Waals surface area contributed by atoms with Gasteiger partial charge in [-0.15, -0.1) is 0 Å². The van der Waals surface area contributed by atoms with E-state index in [1.54, 1.807) is 29.2 Å². The number of hydrogen-bond donors (Lipinski definition) is 1. The second-order valence-electron chi connectivity index (χ2n) is 10.7. The zero-order valence-corrected chi connectivity index (χ0v) is 23.9. The largest absolute Gasteiger partial charge is 0.507 e. The van der Waals surface area contributed by atoms with Crippen LogP contribution in [0.25, 0.3) is 5.76 Å². The molecule has 0 radical (unpaired) electrons. The molecule has 1 amide bonds. The van der Waals surface area contributed by atoms with Crippen LogP contribution in [0.2, 0.25) is 0 Å². The summed E-state index contributed by atoms with van der Waals surface area (Å²) in [5.41, 5.74) is 4.56. The number of morpholine rings is 1. The van der Waals surface area contributed by atoms with E-state index in [2.05, 4.69) is 11.0 Å². The number of nitrogens with zero attached hydrogens (tertiary/aromatic N) is 3. The van der Waals surface area contributed by atoms with Crippen molar-refractivity contribution in [3.63, 3.8) is 0 Å². The average Bonchev–Trinajstić information content (AvgIpc) is 3.24. The molecule has 2 saturated heterocycles. The molecule has 41 heavy (non-hydrogen) atoms. The molecule has 2 aliphatic rings. The Bertz CT molecular complexity index is 1410. The molecule has 2 fully saturated rings. The molecule has 3 aromatic rings. The molecule has 5 rings (SSSR count). The number of carbonyl (C=O) groups is 2. The number of aryl methyl sites for hydroxylation is 1. The smallest absolute Gasteiger partial charge is 0.295 e. The minimum absolute atomic E-state index is 0.100. The molecule has 1 unspecified atom stereocenters. The Morgan fingerprint density at radius 3 is 2.34 bits per heavy atom. The van der Waals surface area contributed by atoms with Gasteiger partial charge in [-0.25, -0.2) is 0 Å². The highest BCUT2D eigenvalue weighted by molar-refractivity contribution is 6.46. The van der Waals surface area contributed by atoms with Crippen LogP contribution >= 0.6 is 0 Å². The zero-order valence-electron chi connectivity index (χ0n) is 23.9. The van der Waals surface area contributed by atoms with Crippen molar-refractivity contribution >= 4 is 23.1 Å². The number of aliphatic hydroxyl groups excluding tert-OH is 1. The lowest BCUT2D eigenvalue weighted by Gasteiger charge is -2.31. The topological polar surface area (TPSA) is 82.5 Å². The second-order valence-corrected chi connectivity index (χ2v) is 10.7. The number of aliphatic hydroxyl groups is 1. The van der Waals surface area contributed by atoms with Crippen LogP contribution in [0.15, 0.2) is 78.4 Å². The zero-order chi connectivity index (χ0) is 28.9. The molecular weight excluding hydrogens is 518 g/mol. The van der Waals surface area contributed by atoms with E-state index in [-0.39, 0.29) is 11.3 Å². The first-order valence-electron chi connectivity index (χ1n) is 14.0. The van der Waals surface area contributed by atoms with Crippen molar-refractivity contribution in [2.24, 2.45) is 0 Å². The van der Waals surface area contributed by atoms with Gasteiger partial charge in [-0.3, -0.25) is 14.5 Å². The summed E-state index contributed by atoms with van der Waals surface area (Å²) in [6.45, 7) is 6.32. The van der Waals surface area contributed by atoms with E-state index in [1.165, 1.54) is 5.56 Å². The monoisotopic (exact) mass is 555 g/mol. The van der Waals surface area contributed by atoms with E-state index < -0.39 is 17.7 Å². The molecule has 1 N–H and O–H groups in total. The van der Waals surface area contributed by atoms with Crippen LogP contribution in [-0.4, -0.2) is 80.1 Å². The van der Waals surface area contributed by atoms with E-state index in [4.69, 9.17) is 9.47 Å². The number of ether oxygens (including phenoxy) is 2. The molecule has 0 saturated carbocycles. The van der Waals surface area contributed by atoms with Crippen molar-refractivity contribution in [1.82, 2.24) is 9.80 Å².